The molecule has 1 N–H and O–H groups in total. The van der Waals surface area contributed by atoms with Crippen molar-refractivity contribution in [3.05, 3.63) is 22.4 Å². The fourth-order valence-corrected chi connectivity index (χ4v) is 2.41. The highest BCUT2D eigenvalue weighted by molar-refractivity contribution is 5.92. The topological polar surface area (TPSA) is 79.7 Å². The van der Waals surface area contributed by atoms with E-state index in [2.05, 4.69) is 4.98 Å². The molecule has 1 aliphatic heterocycles. The van der Waals surface area contributed by atoms with Crippen LogP contribution in [0.1, 0.15) is 34.1 Å². The normalized spacial score (nSPS) is 13.9. The molecule has 0 aromatic carbocycles. The van der Waals surface area contributed by atoms with E-state index < -0.39 is 5.97 Å². The number of aromatic carboxylic acids is 1. The van der Waals surface area contributed by atoms with Crippen LogP contribution >= 0.6 is 0 Å². The minimum Gasteiger partial charge on any atom is -0.480 e. The van der Waals surface area contributed by atoms with Crippen LogP contribution in [0.3, 0.4) is 0 Å². The molecule has 19 heavy (non-hydrogen) atoms. The van der Waals surface area contributed by atoms with Gasteiger partial charge in [-0.05, 0) is 24.5 Å². The first-order chi connectivity index (χ1) is 8.95. The fourth-order valence-electron chi connectivity index (χ4n) is 2.41. The fraction of sp³-hybridized carbons (Fsp3) is 0.462. The van der Waals surface area contributed by atoms with Gasteiger partial charge >= 0.3 is 5.97 Å². The number of carboxylic acid groups (broad SMARTS) is 1. The number of rotatable bonds is 2. The molecule has 0 aliphatic carbocycles. The van der Waals surface area contributed by atoms with Gasteiger partial charge in [-0.15, -0.1) is 0 Å². The number of pyridine rings is 1. The van der Waals surface area contributed by atoms with Crippen LogP contribution in [0.15, 0.2) is 0 Å². The van der Waals surface area contributed by atoms with Crippen LogP contribution in [0.25, 0.3) is 0 Å². The van der Waals surface area contributed by atoms with Crippen molar-refractivity contribution in [2.24, 2.45) is 0 Å². The second-order valence-electron chi connectivity index (χ2n) is 4.53. The quantitative estimate of drug-likeness (QED) is 0.862. The lowest BCUT2D eigenvalue weighted by molar-refractivity contribution is -0.129. The van der Waals surface area contributed by atoms with E-state index in [1.54, 1.807) is 11.8 Å². The molecular formula is C13H16N2O4. The highest BCUT2D eigenvalue weighted by atomic mass is 16.5. The third-order valence-electron chi connectivity index (χ3n) is 3.42. The number of hydrogen-bond acceptors (Lipinski definition) is 4. The summed E-state index contributed by atoms with van der Waals surface area (Å²) in [6.07, 6.45) is 0.510. The summed E-state index contributed by atoms with van der Waals surface area (Å²) in [5.41, 5.74) is 2.38. The zero-order valence-corrected chi connectivity index (χ0v) is 11.2. The van der Waals surface area contributed by atoms with E-state index in [0.29, 0.717) is 25.2 Å². The van der Waals surface area contributed by atoms with Gasteiger partial charge in [0.25, 0.3) is 0 Å². The van der Waals surface area contributed by atoms with Gasteiger partial charge in [-0.1, -0.05) is 0 Å². The van der Waals surface area contributed by atoms with Crippen molar-refractivity contribution < 1.29 is 19.4 Å². The Bertz CT molecular complexity index is 554. The van der Waals surface area contributed by atoms with Crippen molar-refractivity contribution in [2.45, 2.75) is 26.8 Å². The van der Waals surface area contributed by atoms with Gasteiger partial charge in [0.1, 0.15) is 5.56 Å². The minimum atomic E-state index is -1.04. The van der Waals surface area contributed by atoms with Gasteiger partial charge in [0.2, 0.25) is 11.8 Å². The highest BCUT2D eigenvalue weighted by Crippen LogP contribution is 2.30. The number of nitrogens with zero attached hydrogens (tertiary/aromatic N) is 2. The first-order valence-electron chi connectivity index (χ1n) is 6.00. The third-order valence-corrected chi connectivity index (χ3v) is 3.42. The van der Waals surface area contributed by atoms with E-state index in [9.17, 15) is 14.7 Å². The molecule has 0 unspecified atom stereocenters. The second kappa shape index (κ2) is 4.87. The molecule has 0 saturated heterocycles. The molecule has 2 rings (SSSR count). The standard InChI is InChI=1S/C13H16N2O4/c1-7-10-6-15(8(2)16)5-4-9(10)11(13(17)18)12(14-7)19-3/h4-6H2,1-3H3,(H,17,18). The van der Waals surface area contributed by atoms with E-state index in [-0.39, 0.29) is 17.4 Å². The highest BCUT2D eigenvalue weighted by Gasteiger charge is 2.28. The summed E-state index contributed by atoms with van der Waals surface area (Å²) in [6, 6.07) is 0. The first kappa shape index (κ1) is 13.3. The molecule has 6 nitrogen and oxygen atoms in total. The molecule has 0 bridgehead atoms. The largest absolute Gasteiger partial charge is 0.480 e. The smallest absolute Gasteiger partial charge is 0.341 e. The van der Waals surface area contributed by atoms with E-state index in [1.165, 1.54) is 14.0 Å². The predicted octanol–water partition coefficient (Wildman–Crippen LogP) is 1.00. The number of amides is 1. The Hall–Kier alpha value is -2.11. The number of aromatic nitrogens is 1. The summed E-state index contributed by atoms with van der Waals surface area (Å²) >= 11 is 0. The van der Waals surface area contributed by atoms with Crippen LogP contribution in [-0.4, -0.2) is 40.5 Å². The number of hydrogen-bond donors (Lipinski definition) is 1. The number of ether oxygens (including phenoxy) is 1. The van der Waals surface area contributed by atoms with E-state index in [0.717, 1.165) is 11.1 Å². The summed E-state index contributed by atoms with van der Waals surface area (Å²) in [4.78, 5) is 28.7. The van der Waals surface area contributed by atoms with E-state index in [4.69, 9.17) is 4.74 Å². The maximum absolute atomic E-state index is 11.4. The van der Waals surface area contributed by atoms with Gasteiger partial charge in [0.05, 0.1) is 7.11 Å². The van der Waals surface area contributed by atoms with Crippen molar-refractivity contribution in [1.82, 2.24) is 9.88 Å². The van der Waals surface area contributed by atoms with Crippen LogP contribution in [0, 0.1) is 6.92 Å². The van der Waals surface area contributed by atoms with Crippen LogP contribution in [0.2, 0.25) is 0 Å². The van der Waals surface area contributed by atoms with Crippen LogP contribution in [0.5, 0.6) is 5.88 Å². The monoisotopic (exact) mass is 264 g/mol. The van der Waals surface area contributed by atoms with Crippen LogP contribution < -0.4 is 4.74 Å². The van der Waals surface area contributed by atoms with Crippen LogP contribution in [-0.2, 0) is 17.8 Å². The molecule has 2 heterocycles. The van der Waals surface area contributed by atoms with Crippen molar-refractivity contribution in [3.63, 3.8) is 0 Å². The molecule has 102 valence electrons. The van der Waals surface area contributed by atoms with Gasteiger partial charge in [-0.25, -0.2) is 9.78 Å². The van der Waals surface area contributed by atoms with Crippen molar-refractivity contribution >= 4 is 11.9 Å². The number of aryl methyl sites for hydroxylation is 1. The SMILES string of the molecule is COc1nc(C)c2c(c1C(=O)O)CCN(C(C)=O)C2. The van der Waals surface area contributed by atoms with E-state index in [1.807, 2.05) is 0 Å². The molecular weight excluding hydrogens is 248 g/mol. The maximum Gasteiger partial charge on any atom is 0.341 e. The Morgan fingerprint density at radius 3 is 2.58 bits per heavy atom. The van der Waals surface area contributed by atoms with Gasteiger partial charge in [0.15, 0.2) is 0 Å². The average Bonchev–Trinajstić information content (AvgIpc) is 2.37. The lowest BCUT2D eigenvalue weighted by atomic mass is 9.94. The van der Waals surface area contributed by atoms with Crippen LogP contribution in [0.4, 0.5) is 0 Å². The Morgan fingerprint density at radius 2 is 2.05 bits per heavy atom. The summed E-state index contributed by atoms with van der Waals surface area (Å²) in [5, 5.41) is 9.32. The third kappa shape index (κ3) is 2.25. The summed E-state index contributed by atoms with van der Waals surface area (Å²) in [6.45, 7) is 4.25. The summed E-state index contributed by atoms with van der Waals surface area (Å²) in [5.74, 6) is -0.922. The van der Waals surface area contributed by atoms with Gasteiger partial charge < -0.3 is 14.7 Å². The van der Waals surface area contributed by atoms with E-state index >= 15 is 0 Å². The Morgan fingerprint density at radius 1 is 1.37 bits per heavy atom. The number of methoxy groups -OCH3 is 1. The van der Waals surface area contributed by atoms with Gasteiger partial charge in [-0.3, -0.25) is 4.79 Å². The molecule has 1 amide bonds. The molecule has 0 fully saturated rings. The molecule has 6 heteroatoms. The molecule has 0 atom stereocenters. The predicted molar refractivity (Wildman–Crippen MR) is 67.3 cm³/mol. The molecule has 0 saturated carbocycles. The number of carboxylic acids is 1. The van der Waals surface area contributed by atoms with Gasteiger partial charge in [0, 0.05) is 25.7 Å². The number of carbonyl (C=O) groups is 2. The zero-order chi connectivity index (χ0) is 14.2. The van der Waals surface area contributed by atoms with Crippen molar-refractivity contribution in [2.75, 3.05) is 13.7 Å². The second-order valence-corrected chi connectivity index (χ2v) is 4.53. The zero-order valence-electron chi connectivity index (χ0n) is 11.2. The van der Waals surface area contributed by atoms with Gasteiger partial charge in [-0.2, -0.15) is 0 Å². The Labute approximate surface area is 111 Å². The molecule has 0 radical (unpaired) electrons. The summed E-state index contributed by atoms with van der Waals surface area (Å²) in [7, 11) is 1.41. The van der Waals surface area contributed by atoms with Crippen molar-refractivity contribution in [1.29, 1.82) is 0 Å². The number of fused-ring (bicyclic) bond motifs is 1. The number of carbonyl (C=O) groups excluding carboxylic acids is 1. The molecule has 1 aromatic heterocycles. The molecule has 0 spiro atoms. The molecule has 1 aliphatic rings. The average molecular weight is 264 g/mol. The minimum absolute atomic E-state index is 0.0160. The maximum atomic E-state index is 11.4. The lowest BCUT2D eigenvalue weighted by Gasteiger charge is -2.30. The summed E-state index contributed by atoms with van der Waals surface area (Å²) < 4.78 is 5.06. The lowest BCUT2D eigenvalue weighted by Crippen LogP contribution is -2.35. The first-order valence-corrected chi connectivity index (χ1v) is 6.00. The Kier molecular flexibility index (Phi) is 3.42. The van der Waals surface area contributed by atoms with Crippen molar-refractivity contribution in [3.8, 4) is 5.88 Å². The Balaban J connectivity index is 2.57. The molecule has 1 aromatic rings.